The zero-order chi connectivity index (χ0) is 15.4. The van der Waals surface area contributed by atoms with Gasteiger partial charge in [-0.3, -0.25) is 4.79 Å². The Bertz CT molecular complexity index is 665. The summed E-state index contributed by atoms with van der Waals surface area (Å²) in [7, 11) is 3.91. The minimum atomic E-state index is -0.157. The van der Waals surface area contributed by atoms with E-state index < -0.39 is 0 Å². The molecule has 21 heavy (non-hydrogen) atoms. The molecule has 2 aromatic heterocycles. The van der Waals surface area contributed by atoms with Crippen LogP contribution >= 0.6 is 15.9 Å². The zero-order valence-electron chi connectivity index (χ0n) is 12.3. The molecule has 0 saturated heterocycles. The van der Waals surface area contributed by atoms with E-state index in [0.717, 1.165) is 12.2 Å². The van der Waals surface area contributed by atoms with Crippen LogP contribution in [0.1, 0.15) is 11.5 Å². The highest BCUT2D eigenvalue weighted by Crippen LogP contribution is 2.17. The second-order valence-corrected chi connectivity index (χ2v) is 5.78. The minimum absolute atomic E-state index is 0.157. The normalized spacial score (nSPS) is 11.1. The first-order valence-corrected chi connectivity index (χ1v) is 7.33. The number of aromatic nitrogens is 3. The molecule has 0 aliphatic carbocycles. The monoisotopic (exact) mass is 355 g/mol. The predicted molar refractivity (Wildman–Crippen MR) is 83.3 cm³/mol. The summed E-state index contributed by atoms with van der Waals surface area (Å²) in [5, 5.41) is 11.1. The van der Waals surface area contributed by atoms with Gasteiger partial charge in [0.15, 0.2) is 5.76 Å². The van der Waals surface area contributed by atoms with Crippen molar-refractivity contribution in [3.05, 3.63) is 38.5 Å². The Labute approximate surface area is 131 Å². The maximum absolute atomic E-state index is 12.2. The molecule has 0 fully saturated rings. The van der Waals surface area contributed by atoms with Gasteiger partial charge in [-0.1, -0.05) is 5.16 Å². The highest BCUT2D eigenvalue weighted by Gasteiger charge is 2.09. The molecule has 0 amide bonds. The zero-order valence-corrected chi connectivity index (χ0v) is 13.8. The summed E-state index contributed by atoms with van der Waals surface area (Å²) in [6.45, 7) is 3.61. The lowest BCUT2D eigenvalue weighted by atomic mass is 10.3. The van der Waals surface area contributed by atoms with Crippen LogP contribution in [0, 0.1) is 6.92 Å². The van der Waals surface area contributed by atoms with E-state index >= 15 is 0 Å². The summed E-state index contributed by atoms with van der Waals surface area (Å²) in [5.74, 6) is 0.705. The van der Waals surface area contributed by atoms with E-state index in [0.29, 0.717) is 29.0 Å². The van der Waals surface area contributed by atoms with E-state index in [1.54, 1.807) is 6.20 Å². The molecule has 2 heterocycles. The molecule has 0 radical (unpaired) electrons. The van der Waals surface area contributed by atoms with Crippen molar-refractivity contribution in [1.29, 1.82) is 0 Å². The molecule has 0 bridgehead atoms. The Morgan fingerprint density at radius 3 is 2.86 bits per heavy atom. The molecule has 114 valence electrons. The Morgan fingerprint density at radius 1 is 1.48 bits per heavy atom. The van der Waals surface area contributed by atoms with Crippen molar-refractivity contribution in [1.82, 2.24) is 19.8 Å². The Hall–Kier alpha value is -1.67. The van der Waals surface area contributed by atoms with Gasteiger partial charge in [0, 0.05) is 12.6 Å². The van der Waals surface area contributed by atoms with E-state index in [4.69, 9.17) is 4.52 Å². The van der Waals surface area contributed by atoms with Gasteiger partial charge < -0.3 is 14.7 Å². The first kappa shape index (κ1) is 15.7. The van der Waals surface area contributed by atoms with Crippen molar-refractivity contribution in [3.63, 3.8) is 0 Å². The van der Waals surface area contributed by atoms with Crippen LogP contribution < -0.4 is 10.9 Å². The number of halogens is 1. The predicted octanol–water partition coefficient (Wildman–Crippen LogP) is 1.48. The number of hydrogen-bond acceptors (Lipinski definition) is 6. The van der Waals surface area contributed by atoms with E-state index in [1.807, 2.05) is 32.0 Å². The third kappa shape index (κ3) is 4.15. The number of rotatable bonds is 6. The van der Waals surface area contributed by atoms with Gasteiger partial charge in [0.1, 0.15) is 4.47 Å². The quantitative estimate of drug-likeness (QED) is 0.845. The first-order valence-electron chi connectivity index (χ1n) is 6.54. The maximum Gasteiger partial charge on any atom is 0.283 e. The lowest BCUT2D eigenvalue weighted by Gasteiger charge is -2.12. The number of aryl methyl sites for hydroxylation is 1. The van der Waals surface area contributed by atoms with Gasteiger partial charge in [-0.25, -0.2) is 4.68 Å². The van der Waals surface area contributed by atoms with E-state index in [9.17, 15) is 4.79 Å². The molecule has 8 heteroatoms. The summed E-state index contributed by atoms with van der Waals surface area (Å²) < 4.78 is 7.01. The fraction of sp³-hybridized carbons (Fsp3) is 0.462. The maximum atomic E-state index is 12.2. The highest BCUT2D eigenvalue weighted by atomic mass is 79.9. The fourth-order valence-electron chi connectivity index (χ4n) is 1.72. The van der Waals surface area contributed by atoms with Crippen molar-refractivity contribution >= 4 is 21.6 Å². The average molecular weight is 356 g/mol. The summed E-state index contributed by atoms with van der Waals surface area (Å²) in [6.07, 6.45) is 1.63. The lowest BCUT2D eigenvalue weighted by Crippen LogP contribution is -2.29. The molecule has 7 nitrogen and oxygen atoms in total. The van der Waals surface area contributed by atoms with Gasteiger partial charge in [-0.05, 0) is 36.9 Å². The molecule has 2 rings (SSSR count). The van der Waals surface area contributed by atoms with Crippen LogP contribution in [-0.2, 0) is 13.1 Å². The second kappa shape index (κ2) is 6.86. The number of likely N-dealkylation sites (N-methyl/N-ethyl adjacent to an activating group) is 1. The van der Waals surface area contributed by atoms with Gasteiger partial charge in [-0.2, -0.15) is 5.10 Å². The van der Waals surface area contributed by atoms with Gasteiger partial charge in [0.05, 0.1) is 30.7 Å². The van der Waals surface area contributed by atoms with Crippen LogP contribution in [0.5, 0.6) is 0 Å². The Balaban J connectivity index is 2.07. The van der Waals surface area contributed by atoms with Crippen molar-refractivity contribution in [2.45, 2.75) is 20.0 Å². The highest BCUT2D eigenvalue weighted by molar-refractivity contribution is 9.10. The summed E-state index contributed by atoms with van der Waals surface area (Å²) in [5.41, 5.74) is 1.30. The molecule has 0 atom stereocenters. The largest absolute Gasteiger partial charge is 0.375 e. The summed E-state index contributed by atoms with van der Waals surface area (Å²) in [4.78, 5) is 14.2. The van der Waals surface area contributed by atoms with Crippen molar-refractivity contribution in [3.8, 4) is 0 Å². The van der Waals surface area contributed by atoms with Crippen LogP contribution in [0.3, 0.4) is 0 Å². The number of nitrogens with one attached hydrogen (secondary N) is 1. The molecule has 0 aromatic carbocycles. The van der Waals surface area contributed by atoms with Crippen LogP contribution in [-0.4, -0.2) is 40.5 Å². The number of nitrogens with zero attached hydrogens (tertiary/aromatic N) is 4. The smallest absolute Gasteiger partial charge is 0.283 e. The molecule has 0 spiro atoms. The van der Waals surface area contributed by atoms with Crippen LogP contribution in [0.4, 0.5) is 5.69 Å². The van der Waals surface area contributed by atoms with Gasteiger partial charge in [-0.15, -0.1) is 0 Å². The van der Waals surface area contributed by atoms with Gasteiger partial charge in [0.25, 0.3) is 5.56 Å². The third-order valence-corrected chi connectivity index (χ3v) is 3.64. The van der Waals surface area contributed by atoms with E-state index in [-0.39, 0.29) is 5.56 Å². The number of anilines is 1. The summed E-state index contributed by atoms with van der Waals surface area (Å²) >= 11 is 3.32. The van der Waals surface area contributed by atoms with E-state index in [1.165, 1.54) is 4.68 Å². The topological polar surface area (TPSA) is 76.2 Å². The molecule has 0 aliphatic rings. The Kier molecular flexibility index (Phi) is 5.13. The Morgan fingerprint density at radius 2 is 2.24 bits per heavy atom. The van der Waals surface area contributed by atoms with Crippen molar-refractivity contribution in [2.75, 3.05) is 26.0 Å². The minimum Gasteiger partial charge on any atom is -0.375 e. The van der Waals surface area contributed by atoms with Crippen LogP contribution in [0.25, 0.3) is 0 Å². The molecule has 0 unspecified atom stereocenters. The lowest BCUT2D eigenvalue weighted by molar-refractivity contribution is 0.367. The van der Waals surface area contributed by atoms with E-state index in [2.05, 4.69) is 31.5 Å². The van der Waals surface area contributed by atoms with Gasteiger partial charge >= 0.3 is 0 Å². The first-order chi connectivity index (χ1) is 9.97. The van der Waals surface area contributed by atoms with Crippen LogP contribution in [0.2, 0.25) is 0 Å². The SMILES string of the molecule is Cc1cc(CNc2cnn(CCN(C)C)c(=O)c2Br)on1. The standard InChI is InChI=1S/C13H18BrN5O2/c1-9-6-10(21-17-9)7-15-11-8-16-19(5-4-18(2)3)13(20)12(11)14/h6,8,15H,4-5,7H2,1-3H3. The van der Waals surface area contributed by atoms with Gasteiger partial charge in [0.2, 0.25) is 0 Å². The molecular formula is C13H18BrN5O2. The summed E-state index contributed by atoms with van der Waals surface area (Å²) in [6, 6.07) is 1.84. The molecule has 2 aromatic rings. The molecule has 0 aliphatic heterocycles. The van der Waals surface area contributed by atoms with Crippen molar-refractivity contribution < 1.29 is 4.52 Å². The number of hydrogen-bond donors (Lipinski definition) is 1. The molecular weight excluding hydrogens is 338 g/mol. The third-order valence-electron chi connectivity index (χ3n) is 2.87. The molecule has 0 saturated carbocycles. The van der Waals surface area contributed by atoms with Crippen molar-refractivity contribution in [2.24, 2.45) is 0 Å². The molecule has 1 N–H and O–H groups in total. The average Bonchev–Trinajstić information content (AvgIpc) is 2.85. The van der Waals surface area contributed by atoms with Crippen LogP contribution in [0.15, 0.2) is 26.1 Å². The second-order valence-electron chi connectivity index (χ2n) is 4.99. The fourth-order valence-corrected chi connectivity index (χ4v) is 2.17.